The van der Waals surface area contributed by atoms with Crippen LogP contribution >= 0.6 is 15.9 Å². The number of ether oxygens (including phenoxy) is 1. The van der Waals surface area contributed by atoms with Crippen LogP contribution < -0.4 is 0 Å². The minimum Gasteiger partial charge on any atom is -0.384 e. The molecule has 0 heterocycles. The van der Waals surface area contributed by atoms with Crippen molar-refractivity contribution in [1.29, 1.82) is 0 Å². The van der Waals surface area contributed by atoms with Crippen LogP contribution in [0.1, 0.15) is 24.0 Å². The molecule has 2 atom stereocenters. The lowest BCUT2D eigenvalue weighted by molar-refractivity contribution is 0.150. The van der Waals surface area contributed by atoms with Gasteiger partial charge in [0.05, 0.1) is 0 Å². The van der Waals surface area contributed by atoms with Gasteiger partial charge in [-0.2, -0.15) is 0 Å². The second kappa shape index (κ2) is 6.29. The molecule has 15 heavy (non-hydrogen) atoms. The predicted molar refractivity (Wildman–Crippen MR) is 68.8 cm³/mol. The molecular formula is C13H19BrO. The van der Waals surface area contributed by atoms with Crippen LogP contribution in [0.25, 0.3) is 0 Å². The summed E-state index contributed by atoms with van der Waals surface area (Å²) in [5, 5.41) is 0.988. The lowest BCUT2D eigenvalue weighted by Gasteiger charge is -2.23. The maximum absolute atomic E-state index is 5.23. The van der Waals surface area contributed by atoms with Gasteiger partial charge in [0.2, 0.25) is 0 Å². The van der Waals surface area contributed by atoms with Gasteiger partial charge in [-0.15, -0.1) is 0 Å². The van der Waals surface area contributed by atoms with Crippen LogP contribution in [0.4, 0.5) is 0 Å². The average Bonchev–Trinajstić information content (AvgIpc) is 2.22. The van der Waals surface area contributed by atoms with E-state index in [1.807, 2.05) is 0 Å². The number of hydrogen-bond donors (Lipinski definition) is 0. The summed E-state index contributed by atoms with van der Waals surface area (Å²) < 4.78 is 5.23. The maximum Gasteiger partial charge on any atom is 0.0494 e. The highest BCUT2D eigenvalue weighted by Crippen LogP contribution is 2.29. The van der Waals surface area contributed by atoms with Gasteiger partial charge in [0.1, 0.15) is 0 Å². The molecule has 0 aromatic heterocycles. The fraction of sp³-hybridized carbons (Fsp3) is 0.538. The van der Waals surface area contributed by atoms with E-state index in [4.69, 9.17) is 4.74 Å². The Bertz CT molecular complexity index is 298. The maximum atomic E-state index is 5.23. The Labute approximate surface area is 101 Å². The van der Waals surface area contributed by atoms with Crippen LogP contribution in [0.15, 0.2) is 24.3 Å². The number of aryl methyl sites for hydroxylation is 1. The third kappa shape index (κ3) is 3.32. The highest BCUT2D eigenvalue weighted by molar-refractivity contribution is 9.09. The molecule has 1 aromatic carbocycles. The molecule has 0 bridgehead atoms. The molecule has 0 fully saturated rings. The Morgan fingerprint density at radius 1 is 1.33 bits per heavy atom. The summed E-state index contributed by atoms with van der Waals surface area (Å²) in [6, 6.07) is 8.58. The van der Waals surface area contributed by atoms with Gasteiger partial charge in [0.25, 0.3) is 0 Å². The van der Waals surface area contributed by atoms with Crippen LogP contribution in [-0.2, 0) is 4.74 Å². The Kier molecular flexibility index (Phi) is 5.34. The molecule has 1 aromatic rings. The van der Waals surface area contributed by atoms with Gasteiger partial charge in [0.15, 0.2) is 0 Å². The summed E-state index contributed by atoms with van der Waals surface area (Å²) in [5.41, 5.74) is 2.80. The Morgan fingerprint density at radius 2 is 2.00 bits per heavy atom. The largest absolute Gasteiger partial charge is 0.384 e. The van der Waals surface area contributed by atoms with Crippen molar-refractivity contribution in [3.8, 4) is 0 Å². The van der Waals surface area contributed by atoms with Gasteiger partial charge in [0, 0.05) is 19.0 Å². The van der Waals surface area contributed by atoms with Gasteiger partial charge >= 0.3 is 0 Å². The van der Waals surface area contributed by atoms with Crippen molar-refractivity contribution in [3.63, 3.8) is 0 Å². The standard InChI is InChI=1S/C13H19BrO/c1-10-6-4-5-7-12(10)13(8-14)11(2)9-15-3/h4-7,11,13H,8-9H2,1-3H3. The summed E-state index contributed by atoms with van der Waals surface area (Å²) in [6.07, 6.45) is 0. The summed E-state index contributed by atoms with van der Waals surface area (Å²) >= 11 is 3.60. The highest BCUT2D eigenvalue weighted by atomic mass is 79.9. The number of alkyl halides is 1. The monoisotopic (exact) mass is 270 g/mol. The molecule has 0 N–H and O–H groups in total. The molecule has 0 spiro atoms. The van der Waals surface area contributed by atoms with E-state index >= 15 is 0 Å². The zero-order chi connectivity index (χ0) is 11.3. The summed E-state index contributed by atoms with van der Waals surface area (Å²) in [4.78, 5) is 0. The average molecular weight is 271 g/mol. The highest BCUT2D eigenvalue weighted by Gasteiger charge is 2.19. The zero-order valence-electron chi connectivity index (χ0n) is 9.66. The van der Waals surface area contributed by atoms with Crippen molar-refractivity contribution in [3.05, 3.63) is 35.4 Å². The summed E-state index contributed by atoms with van der Waals surface area (Å²) in [5.74, 6) is 1.07. The second-order valence-corrected chi connectivity index (χ2v) is 4.70. The molecule has 0 saturated carbocycles. The smallest absolute Gasteiger partial charge is 0.0494 e. The van der Waals surface area contributed by atoms with Crippen molar-refractivity contribution in [2.75, 3.05) is 19.0 Å². The number of methoxy groups -OCH3 is 1. The molecule has 0 aliphatic carbocycles. The lowest BCUT2D eigenvalue weighted by atomic mass is 9.87. The fourth-order valence-corrected chi connectivity index (χ4v) is 2.91. The predicted octanol–water partition coefficient (Wildman–Crippen LogP) is 3.76. The van der Waals surface area contributed by atoms with Crippen LogP contribution in [0.2, 0.25) is 0 Å². The van der Waals surface area contributed by atoms with Gasteiger partial charge in [-0.05, 0) is 29.9 Å². The van der Waals surface area contributed by atoms with Crippen LogP contribution in [-0.4, -0.2) is 19.0 Å². The van der Waals surface area contributed by atoms with Crippen molar-refractivity contribution in [2.45, 2.75) is 19.8 Å². The molecule has 84 valence electrons. The van der Waals surface area contributed by atoms with Gasteiger partial charge in [-0.1, -0.05) is 47.1 Å². The molecule has 0 saturated heterocycles. The van der Waals surface area contributed by atoms with Crippen molar-refractivity contribution < 1.29 is 4.74 Å². The van der Waals surface area contributed by atoms with E-state index in [0.717, 1.165) is 11.9 Å². The molecule has 0 radical (unpaired) electrons. The molecule has 1 nitrogen and oxygen atoms in total. The van der Waals surface area contributed by atoms with E-state index in [2.05, 4.69) is 54.0 Å². The molecule has 0 aliphatic rings. The number of benzene rings is 1. The number of halogens is 1. The van der Waals surface area contributed by atoms with E-state index in [9.17, 15) is 0 Å². The Morgan fingerprint density at radius 3 is 2.53 bits per heavy atom. The van der Waals surface area contributed by atoms with E-state index < -0.39 is 0 Å². The quantitative estimate of drug-likeness (QED) is 0.741. The van der Waals surface area contributed by atoms with Crippen LogP contribution in [0.3, 0.4) is 0 Å². The van der Waals surface area contributed by atoms with Crippen molar-refractivity contribution in [2.24, 2.45) is 5.92 Å². The first-order chi connectivity index (χ1) is 7.20. The van der Waals surface area contributed by atoms with E-state index in [-0.39, 0.29) is 0 Å². The molecular weight excluding hydrogens is 252 g/mol. The first-order valence-corrected chi connectivity index (χ1v) is 6.43. The summed E-state index contributed by atoms with van der Waals surface area (Å²) in [7, 11) is 1.76. The van der Waals surface area contributed by atoms with E-state index in [0.29, 0.717) is 11.8 Å². The van der Waals surface area contributed by atoms with Gasteiger partial charge in [-0.3, -0.25) is 0 Å². The molecule has 2 heteroatoms. The second-order valence-electron chi connectivity index (χ2n) is 4.05. The Balaban J connectivity index is 2.87. The zero-order valence-corrected chi connectivity index (χ0v) is 11.3. The third-order valence-electron chi connectivity index (χ3n) is 2.87. The molecule has 1 rings (SSSR count). The minimum absolute atomic E-state index is 0.533. The van der Waals surface area contributed by atoms with Crippen LogP contribution in [0, 0.1) is 12.8 Å². The van der Waals surface area contributed by atoms with Gasteiger partial charge in [-0.25, -0.2) is 0 Å². The van der Waals surface area contributed by atoms with Crippen molar-refractivity contribution >= 4 is 15.9 Å². The van der Waals surface area contributed by atoms with Gasteiger partial charge < -0.3 is 4.74 Å². The SMILES string of the molecule is COCC(C)C(CBr)c1ccccc1C. The number of rotatable bonds is 5. The molecule has 2 unspecified atom stereocenters. The van der Waals surface area contributed by atoms with E-state index in [1.54, 1.807) is 7.11 Å². The topological polar surface area (TPSA) is 9.23 Å². The van der Waals surface area contributed by atoms with E-state index in [1.165, 1.54) is 11.1 Å². The minimum atomic E-state index is 0.533. The normalized spacial score (nSPS) is 14.9. The molecule has 0 amide bonds. The third-order valence-corrected chi connectivity index (χ3v) is 3.57. The summed E-state index contributed by atoms with van der Waals surface area (Å²) in [6.45, 7) is 5.22. The Hall–Kier alpha value is -0.340. The fourth-order valence-electron chi connectivity index (χ4n) is 1.92. The lowest BCUT2D eigenvalue weighted by Crippen LogP contribution is -2.17. The van der Waals surface area contributed by atoms with Crippen molar-refractivity contribution in [1.82, 2.24) is 0 Å². The number of hydrogen-bond acceptors (Lipinski definition) is 1. The molecule has 0 aliphatic heterocycles. The first-order valence-electron chi connectivity index (χ1n) is 5.31. The first kappa shape index (κ1) is 12.7. The van der Waals surface area contributed by atoms with Crippen LogP contribution in [0.5, 0.6) is 0 Å².